The second kappa shape index (κ2) is 11.4. The van der Waals surface area contributed by atoms with Crippen LogP contribution in [0.15, 0.2) is 140 Å². The average Bonchev–Trinajstić information content (AvgIpc) is 3.51. The molecule has 6 rings (SSSR count). The lowest BCUT2D eigenvalue weighted by Gasteiger charge is -2.37. The van der Waals surface area contributed by atoms with Crippen LogP contribution in [0.4, 0.5) is 0 Å². The zero-order valence-electron chi connectivity index (χ0n) is 23.6. The van der Waals surface area contributed by atoms with Gasteiger partial charge in [-0.25, -0.2) is 4.98 Å². The van der Waals surface area contributed by atoms with Crippen LogP contribution < -0.4 is 4.74 Å². The summed E-state index contributed by atoms with van der Waals surface area (Å²) in [4.78, 5) is 5.01. The molecule has 6 aromatic rings. The molecule has 0 aliphatic heterocycles. The number of ether oxygens (including phenoxy) is 2. The molecule has 4 nitrogen and oxygen atoms in total. The molecule has 41 heavy (non-hydrogen) atoms. The van der Waals surface area contributed by atoms with Gasteiger partial charge in [0.15, 0.2) is 0 Å². The van der Waals surface area contributed by atoms with Crippen molar-refractivity contribution in [2.24, 2.45) is 0 Å². The van der Waals surface area contributed by atoms with Crippen molar-refractivity contribution in [1.82, 2.24) is 9.55 Å². The summed E-state index contributed by atoms with van der Waals surface area (Å²) >= 11 is 0. The first-order valence-electron chi connectivity index (χ1n) is 14.0. The molecule has 1 heterocycles. The smallest absolute Gasteiger partial charge is 0.126 e. The van der Waals surface area contributed by atoms with Crippen molar-refractivity contribution in [3.8, 4) is 5.75 Å². The molecule has 204 valence electrons. The van der Waals surface area contributed by atoms with Gasteiger partial charge in [-0.3, -0.25) is 0 Å². The Kier molecular flexibility index (Phi) is 7.41. The number of nitrogens with zero attached hydrogens (tertiary/aromatic N) is 2. The van der Waals surface area contributed by atoms with E-state index < -0.39 is 5.54 Å². The number of hydrogen-bond acceptors (Lipinski definition) is 3. The number of aromatic nitrogens is 2. The van der Waals surface area contributed by atoms with E-state index in [1.165, 1.54) is 0 Å². The van der Waals surface area contributed by atoms with Gasteiger partial charge < -0.3 is 14.0 Å². The third-order valence-electron chi connectivity index (χ3n) is 7.62. The molecule has 0 N–H and O–H groups in total. The summed E-state index contributed by atoms with van der Waals surface area (Å²) in [5.74, 6) is 0.845. The molecule has 1 aromatic heterocycles. The molecule has 0 bridgehead atoms. The van der Waals surface area contributed by atoms with Crippen LogP contribution in [0.1, 0.15) is 47.9 Å². The van der Waals surface area contributed by atoms with Crippen molar-refractivity contribution < 1.29 is 9.47 Å². The second-order valence-corrected chi connectivity index (χ2v) is 10.6. The number of benzene rings is 5. The molecular weight excluding hydrogens is 504 g/mol. The molecule has 5 aromatic carbocycles. The summed E-state index contributed by atoms with van der Waals surface area (Å²) in [6.45, 7) is 4.14. The lowest BCUT2D eigenvalue weighted by Crippen LogP contribution is -2.37. The summed E-state index contributed by atoms with van der Waals surface area (Å²) in [6.07, 6.45) is 3.78. The maximum atomic E-state index is 6.56. The van der Waals surface area contributed by atoms with E-state index in [1.807, 2.05) is 12.4 Å². The van der Waals surface area contributed by atoms with E-state index in [1.54, 1.807) is 7.11 Å². The fraction of sp³-hybridized carbons (Fsp3) is 0.162. The minimum atomic E-state index is -0.628. The first kappa shape index (κ1) is 26.5. The third-order valence-corrected chi connectivity index (χ3v) is 7.62. The predicted octanol–water partition coefficient (Wildman–Crippen LogP) is 8.40. The highest BCUT2D eigenvalue weighted by atomic mass is 16.5. The number of imidazole rings is 1. The predicted molar refractivity (Wildman–Crippen MR) is 165 cm³/mol. The topological polar surface area (TPSA) is 36.3 Å². The molecule has 0 fully saturated rings. The largest absolute Gasteiger partial charge is 0.497 e. The Balaban J connectivity index is 1.53. The van der Waals surface area contributed by atoms with Gasteiger partial charge in [-0.2, -0.15) is 0 Å². The average molecular weight is 539 g/mol. The first-order valence-corrected chi connectivity index (χ1v) is 14.0. The Labute approximate surface area is 241 Å². The van der Waals surface area contributed by atoms with Crippen LogP contribution in [0.5, 0.6) is 5.75 Å². The van der Waals surface area contributed by atoms with Crippen LogP contribution in [0.25, 0.3) is 10.8 Å². The molecule has 0 aliphatic carbocycles. The number of fused-ring (bicyclic) bond motifs is 1. The molecule has 0 spiro atoms. The van der Waals surface area contributed by atoms with Gasteiger partial charge in [0.1, 0.15) is 17.4 Å². The zero-order chi connectivity index (χ0) is 28.2. The minimum Gasteiger partial charge on any atom is -0.497 e. The van der Waals surface area contributed by atoms with Crippen LogP contribution in [0.2, 0.25) is 0 Å². The Hall–Kier alpha value is -4.67. The Morgan fingerprint density at radius 3 is 1.73 bits per heavy atom. The monoisotopic (exact) mass is 538 g/mol. The highest BCUT2D eigenvalue weighted by molar-refractivity contribution is 5.84. The molecule has 1 atom stereocenters. The quantitative estimate of drug-likeness (QED) is 0.173. The Morgan fingerprint density at radius 1 is 0.659 bits per heavy atom. The van der Waals surface area contributed by atoms with Crippen LogP contribution in [-0.2, 0) is 10.3 Å². The van der Waals surface area contributed by atoms with Crippen molar-refractivity contribution in [2.45, 2.75) is 31.6 Å². The van der Waals surface area contributed by atoms with E-state index in [2.05, 4.69) is 146 Å². The summed E-state index contributed by atoms with van der Waals surface area (Å²) in [7, 11) is 1.69. The lowest BCUT2D eigenvalue weighted by atomic mass is 9.77. The second-order valence-electron chi connectivity index (χ2n) is 10.6. The highest BCUT2D eigenvalue weighted by Gasteiger charge is 2.39. The highest BCUT2D eigenvalue weighted by Crippen LogP contribution is 2.41. The zero-order valence-corrected chi connectivity index (χ0v) is 23.6. The van der Waals surface area contributed by atoms with Gasteiger partial charge in [-0.15, -0.1) is 0 Å². The maximum absolute atomic E-state index is 6.56. The van der Waals surface area contributed by atoms with E-state index in [4.69, 9.17) is 14.5 Å². The van der Waals surface area contributed by atoms with E-state index in [9.17, 15) is 0 Å². The van der Waals surface area contributed by atoms with Crippen molar-refractivity contribution >= 4 is 10.8 Å². The van der Waals surface area contributed by atoms with E-state index in [0.717, 1.165) is 44.5 Å². The minimum absolute atomic E-state index is 0.0128. The van der Waals surface area contributed by atoms with Gasteiger partial charge in [-0.1, -0.05) is 109 Å². The fourth-order valence-corrected chi connectivity index (χ4v) is 5.77. The molecule has 0 saturated heterocycles. The van der Waals surface area contributed by atoms with E-state index in [-0.39, 0.29) is 12.2 Å². The van der Waals surface area contributed by atoms with Crippen molar-refractivity contribution in [3.63, 3.8) is 0 Å². The molecule has 0 amide bonds. The van der Waals surface area contributed by atoms with Crippen molar-refractivity contribution in [3.05, 3.63) is 168 Å². The Bertz CT molecular complexity index is 1630. The maximum Gasteiger partial charge on any atom is 0.126 e. The molecule has 0 saturated carbocycles. The molecule has 0 aliphatic rings. The van der Waals surface area contributed by atoms with Gasteiger partial charge in [0.25, 0.3) is 0 Å². The van der Waals surface area contributed by atoms with Gasteiger partial charge in [0.05, 0.1) is 25.2 Å². The van der Waals surface area contributed by atoms with Crippen molar-refractivity contribution in [1.29, 1.82) is 0 Å². The van der Waals surface area contributed by atoms with Crippen LogP contribution in [-0.4, -0.2) is 22.8 Å². The van der Waals surface area contributed by atoms with E-state index in [0.29, 0.717) is 0 Å². The van der Waals surface area contributed by atoms with Crippen molar-refractivity contribution in [2.75, 3.05) is 7.11 Å². The molecule has 1 unspecified atom stereocenters. The van der Waals surface area contributed by atoms with E-state index >= 15 is 0 Å². The van der Waals surface area contributed by atoms with Gasteiger partial charge >= 0.3 is 0 Å². The summed E-state index contributed by atoms with van der Waals surface area (Å²) in [5.41, 5.74) is 4.76. The van der Waals surface area contributed by atoms with Crippen LogP contribution in [0, 0.1) is 0 Å². The number of hydrogen-bond donors (Lipinski definition) is 0. The molecule has 4 heteroatoms. The molecular formula is C37H34N2O2. The summed E-state index contributed by atoms with van der Waals surface area (Å²) in [5, 5.41) is 2.26. The Morgan fingerprint density at radius 2 is 1.20 bits per heavy atom. The standard InChI is InChI=1S/C37H34N2O2/c1-27(2)41-36(30-20-19-29-24-34(40-3)22-21-28(29)23-30)35-25-39(26-38-35)37(31-13-7-4-8-14-31,32-15-9-5-10-16-32)33-17-11-6-12-18-33/h4-27,36H,1-3H3. The third kappa shape index (κ3) is 5.03. The summed E-state index contributed by atoms with van der Waals surface area (Å²) in [6, 6.07) is 44.5. The SMILES string of the molecule is COc1ccc2cc(C(OC(C)C)c3cn(C(c4ccccc4)(c4ccccc4)c4ccccc4)cn3)ccc2c1. The molecule has 0 radical (unpaired) electrons. The van der Waals surface area contributed by atoms with Gasteiger partial charge in [0.2, 0.25) is 0 Å². The first-order chi connectivity index (χ1) is 20.1. The van der Waals surface area contributed by atoms with Gasteiger partial charge in [0, 0.05) is 6.20 Å². The van der Waals surface area contributed by atoms with Crippen LogP contribution in [0.3, 0.4) is 0 Å². The van der Waals surface area contributed by atoms with Crippen LogP contribution >= 0.6 is 0 Å². The number of methoxy groups -OCH3 is 1. The summed E-state index contributed by atoms with van der Waals surface area (Å²) < 4.78 is 14.2. The normalized spacial score (nSPS) is 12.5. The fourth-order valence-electron chi connectivity index (χ4n) is 5.77. The lowest BCUT2D eigenvalue weighted by molar-refractivity contribution is 0.0283. The van der Waals surface area contributed by atoms with Gasteiger partial charge in [-0.05, 0) is 65.1 Å². The number of rotatable bonds is 9.